The lowest BCUT2D eigenvalue weighted by Gasteiger charge is -2.51. The minimum Gasteiger partial charge on any atom is -0.444 e. The zero-order valence-electron chi connectivity index (χ0n) is 21.1. The molecule has 2 aliphatic rings. The molecule has 7 nitrogen and oxygen atoms in total. The van der Waals surface area contributed by atoms with Gasteiger partial charge in [0.25, 0.3) is 0 Å². The van der Waals surface area contributed by atoms with Crippen molar-refractivity contribution in [3.05, 3.63) is 35.4 Å². The Morgan fingerprint density at radius 1 is 1.09 bits per heavy atom. The van der Waals surface area contributed by atoms with E-state index in [1.807, 2.05) is 6.92 Å². The summed E-state index contributed by atoms with van der Waals surface area (Å²) in [7, 11) is 0. The molecule has 2 fully saturated rings. The van der Waals surface area contributed by atoms with Gasteiger partial charge in [0.2, 0.25) is 11.8 Å². The number of halogens is 3. The van der Waals surface area contributed by atoms with Crippen LogP contribution in [0.15, 0.2) is 24.3 Å². The van der Waals surface area contributed by atoms with Crippen LogP contribution >= 0.6 is 0 Å². The van der Waals surface area contributed by atoms with E-state index in [-0.39, 0.29) is 18.4 Å². The second-order valence-electron chi connectivity index (χ2n) is 10.7. The summed E-state index contributed by atoms with van der Waals surface area (Å²) in [5.41, 5.74) is -1.44. The normalized spacial score (nSPS) is 22.3. The lowest BCUT2D eigenvalue weighted by molar-refractivity contribution is -0.164. The molecular formula is C25H34F3N3O4. The molecule has 2 heterocycles. The second kappa shape index (κ2) is 9.35. The van der Waals surface area contributed by atoms with Gasteiger partial charge in [-0.3, -0.25) is 9.59 Å². The maximum absolute atomic E-state index is 13.4. The van der Waals surface area contributed by atoms with E-state index in [0.717, 1.165) is 12.1 Å². The van der Waals surface area contributed by atoms with Crippen LogP contribution in [-0.4, -0.2) is 69.4 Å². The fraction of sp³-hybridized carbons (Fsp3) is 0.640. The Labute approximate surface area is 204 Å². The molecule has 3 rings (SSSR count). The molecule has 0 N–H and O–H groups in total. The number of piperazine rings is 1. The minimum atomic E-state index is -4.44. The SMILES string of the molecule is C[C@H]1C(=O)N(C2(C)CCN(C(=O)OC(C)(C)C)CC2)CC(=O)N1[C@@H](C)c1ccc(C(F)(F)F)cc1. The first-order chi connectivity index (χ1) is 16.0. The summed E-state index contributed by atoms with van der Waals surface area (Å²) in [5, 5.41) is 0. The van der Waals surface area contributed by atoms with E-state index in [1.54, 1.807) is 44.4 Å². The number of amides is 3. The van der Waals surface area contributed by atoms with E-state index in [0.29, 0.717) is 31.5 Å². The Kier molecular flexibility index (Phi) is 7.16. The van der Waals surface area contributed by atoms with Crippen molar-refractivity contribution < 1.29 is 32.3 Å². The number of ether oxygens (including phenoxy) is 1. The van der Waals surface area contributed by atoms with Crippen molar-refractivity contribution in [1.82, 2.24) is 14.7 Å². The number of piperidine rings is 1. The van der Waals surface area contributed by atoms with Crippen LogP contribution in [0.3, 0.4) is 0 Å². The highest BCUT2D eigenvalue weighted by atomic mass is 19.4. The zero-order valence-corrected chi connectivity index (χ0v) is 21.1. The maximum Gasteiger partial charge on any atom is 0.416 e. The Bertz CT molecular complexity index is 964. The van der Waals surface area contributed by atoms with Crippen LogP contribution in [0.4, 0.5) is 18.0 Å². The van der Waals surface area contributed by atoms with Gasteiger partial charge in [0.15, 0.2) is 0 Å². The molecule has 1 aromatic carbocycles. The van der Waals surface area contributed by atoms with Crippen molar-refractivity contribution in [3.8, 4) is 0 Å². The van der Waals surface area contributed by atoms with Crippen LogP contribution < -0.4 is 0 Å². The van der Waals surface area contributed by atoms with Gasteiger partial charge in [-0.15, -0.1) is 0 Å². The summed E-state index contributed by atoms with van der Waals surface area (Å²) < 4.78 is 44.2. The molecule has 0 aromatic heterocycles. The van der Waals surface area contributed by atoms with Gasteiger partial charge in [0.05, 0.1) is 11.6 Å². The summed E-state index contributed by atoms with van der Waals surface area (Å²) in [6, 6.07) is 3.33. The number of alkyl halides is 3. The number of rotatable bonds is 3. The summed E-state index contributed by atoms with van der Waals surface area (Å²) in [6.07, 6.45) is -3.83. The summed E-state index contributed by atoms with van der Waals surface area (Å²) >= 11 is 0. The Morgan fingerprint density at radius 3 is 2.11 bits per heavy atom. The number of hydrogen-bond donors (Lipinski definition) is 0. The van der Waals surface area contributed by atoms with Gasteiger partial charge in [-0.25, -0.2) is 4.79 Å². The molecule has 10 heteroatoms. The molecule has 35 heavy (non-hydrogen) atoms. The maximum atomic E-state index is 13.4. The zero-order chi connectivity index (χ0) is 26.3. The molecule has 2 aliphatic heterocycles. The highest BCUT2D eigenvalue weighted by molar-refractivity contribution is 5.95. The highest BCUT2D eigenvalue weighted by Crippen LogP contribution is 2.36. The van der Waals surface area contributed by atoms with E-state index in [1.165, 1.54) is 17.0 Å². The van der Waals surface area contributed by atoms with Crippen molar-refractivity contribution >= 4 is 17.9 Å². The van der Waals surface area contributed by atoms with Gasteiger partial charge in [-0.05, 0) is 72.1 Å². The number of nitrogens with zero attached hydrogens (tertiary/aromatic N) is 3. The number of carbonyl (C=O) groups is 3. The summed E-state index contributed by atoms with van der Waals surface area (Å²) in [6.45, 7) is 11.4. The van der Waals surface area contributed by atoms with Crippen molar-refractivity contribution in [1.29, 1.82) is 0 Å². The van der Waals surface area contributed by atoms with E-state index >= 15 is 0 Å². The quantitative estimate of drug-likeness (QED) is 0.611. The lowest BCUT2D eigenvalue weighted by Crippen LogP contribution is -2.66. The Balaban J connectivity index is 1.70. The third-order valence-corrected chi connectivity index (χ3v) is 6.90. The Hall–Kier alpha value is -2.78. The fourth-order valence-corrected chi connectivity index (χ4v) is 4.74. The van der Waals surface area contributed by atoms with E-state index in [4.69, 9.17) is 4.74 Å². The molecule has 2 atom stereocenters. The van der Waals surface area contributed by atoms with Crippen molar-refractivity contribution in [3.63, 3.8) is 0 Å². The van der Waals surface area contributed by atoms with Gasteiger partial charge in [0.1, 0.15) is 18.2 Å². The lowest BCUT2D eigenvalue weighted by atomic mass is 9.86. The van der Waals surface area contributed by atoms with Gasteiger partial charge in [-0.1, -0.05) is 12.1 Å². The highest BCUT2D eigenvalue weighted by Gasteiger charge is 2.47. The topological polar surface area (TPSA) is 70.2 Å². The van der Waals surface area contributed by atoms with E-state index in [2.05, 4.69) is 0 Å². The number of carbonyl (C=O) groups excluding carboxylic acids is 3. The predicted molar refractivity (Wildman–Crippen MR) is 123 cm³/mol. The van der Waals surface area contributed by atoms with Crippen molar-refractivity contribution in [2.24, 2.45) is 0 Å². The fourth-order valence-electron chi connectivity index (χ4n) is 4.74. The molecule has 0 spiro atoms. The molecule has 0 unspecified atom stereocenters. The molecule has 0 aliphatic carbocycles. The first kappa shape index (κ1) is 26.8. The smallest absolute Gasteiger partial charge is 0.416 e. The number of likely N-dealkylation sites (tertiary alicyclic amines) is 1. The van der Waals surface area contributed by atoms with Crippen LogP contribution in [-0.2, 0) is 20.5 Å². The van der Waals surface area contributed by atoms with Gasteiger partial charge in [0, 0.05) is 18.6 Å². The van der Waals surface area contributed by atoms with Crippen LogP contribution in [0.2, 0.25) is 0 Å². The average molecular weight is 498 g/mol. The molecule has 194 valence electrons. The average Bonchev–Trinajstić information content (AvgIpc) is 2.75. The van der Waals surface area contributed by atoms with Gasteiger partial charge in [-0.2, -0.15) is 13.2 Å². The number of hydrogen-bond acceptors (Lipinski definition) is 4. The number of benzene rings is 1. The van der Waals surface area contributed by atoms with E-state index < -0.39 is 41.1 Å². The Morgan fingerprint density at radius 2 is 1.63 bits per heavy atom. The largest absolute Gasteiger partial charge is 0.444 e. The first-order valence-electron chi connectivity index (χ1n) is 11.8. The molecule has 1 aromatic rings. The summed E-state index contributed by atoms with van der Waals surface area (Å²) in [5.74, 6) is -0.475. The molecule has 0 radical (unpaired) electrons. The standard InChI is InChI=1S/C25H34F3N3O4/c1-16(18-7-9-19(10-8-18)25(26,27)28)31-17(2)21(33)30(15-20(31)32)24(6)11-13-29(14-12-24)22(34)35-23(3,4)5/h7-10,16-17H,11-15H2,1-6H3/t16-,17-/m0/s1. The van der Waals surface area contributed by atoms with Crippen LogP contribution in [0.1, 0.15) is 71.6 Å². The minimum absolute atomic E-state index is 0.114. The second-order valence-corrected chi connectivity index (χ2v) is 10.7. The third kappa shape index (κ3) is 5.73. The first-order valence-corrected chi connectivity index (χ1v) is 11.8. The van der Waals surface area contributed by atoms with Crippen LogP contribution in [0.25, 0.3) is 0 Å². The summed E-state index contributed by atoms with van der Waals surface area (Å²) in [4.78, 5) is 43.6. The molecular weight excluding hydrogens is 463 g/mol. The molecule has 0 bridgehead atoms. The van der Waals surface area contributed by atoms with Gasteiger partial charge >= 0.3 is 12.3 Å². The predicted octanol–water partition coefficient (Wildman–Crippen LogP) is 4.62. The van der Waals surface area contributed by atoms with Crippen molar-refractivity contribution in [2.45, 2.75) is 83.8 Å². The molecule has 2 saturated heterocycles. The van der Waals surface area contributed by atoms with Crippen LogP contribution in [0, 0.1) is 0 Å². The van der Waals surface area contributed by atoms with Crippen molar-refractivity contribution in [2.75, 3.05) is 19.6 Å². The molecule has 3 amide bonds. The third-order valence-electron chi connectivity index (χ3n) is 6.90. The van der Waals surface area contributed by atoms with E-state index in [9.17, 15) is 27.6 Å². The van der Waals surface area contributed by atoms with Gasteiger partial charge < -0.3 is 19.4 Å². The van der Waals surface area contributed by atoms with Crippen LogP contribution in [0.5, 0.6) is 0 Å². The molecule has 0 saturated carbocycles. The monoisotopic (exact) mass is 497 g/mol.